The summed E-state index contributed by atoms with van der Waals surface area (Å²) in [6.45, 7) is 1.97. The molecule has 1 saturated carbocycles. The number of hydrogen-bond acceptors (Lipinski definition) is 3. The molecule has 0 radical (unpaired) electrons. The lowest BCUT2D eigenvalue weighted by atomic mass is 9.82. The van der Waals surface area contributed by atoms with Crippen LogP contribution in [0.15, 0.2) is 12.5 Å². The fraction of sp³-hybridized carbons (Fsp3) is 0.789. The highest BCUT2D eigenvalue weighted by Gasteiger charge is 2.33. The third kappa shape index (κ3) is 3.82. The molecule has 0 N–H and O–H groups in total. The third-order valence-electron chi connectivity index (χ3n) is 6.09. The number of amides is 1. The van der Waals surface area contributed by atoms with Gasteiger partial charge < -0.3 is 9.47 Å². The lowest BCUT2D eigenvalue weighted by molar-refractivity contribution is -0.131. The van der Waals surface area contributed by atoms with Gasteiger partial charge in [0.05, 0.1) is 18.1 Å². The summed E-state index contributed by atoms with van der Waals surface area (Å²) in [4.78, 5) is 21.2. The molecule has 2 aliphatic rings. The molecule has 2 heterocycles. The lowest BCUT2D eigenvalue weighted by Gasteiger charge is -2.40. The zero-order chi connectivity index (χ0) is 17.1. The van der Waals surface area contributed by atoms with E-state index >= 15 is 0 Å². The molecule has 24 heavy (non-hydrogen) atoms. The van der Waals surface area contributed by atoms with Crippen LogP contribution in [0.3, 0.4) is 0 Å². The van der Waals surface area contributed by atoms with E-state index in [1.165, 1.54) is 37.8 Å². The normalized spacial score (nSPS) is 25.5. The van der Waals surface area contributed by atoms with Gasteiger partial charge in [-0.1, -0.05) is 19.3 Å². The zero-order valence-corrected chi connectivity index (χ0v) is 15.4. The molecule has 2 fully saturated rings. The van der Waals surface area contributed by atoms with Crippen molar-refractivity contribution in [2.75, 3.05) is 27.2 Å². The van der Waals surface area contributed by atoms with Gasteiger partial charge in [0.2, 0.25) is 5.91 Å². The van der Waals surface area contributed by atoms with Gasteiger partial charge in [-0.25, -0.2) is 4.98 Å². The highest BCUT2D eigenvalue weighted by Crippen LogP contribution is 2.35. The molecule has 134 valence electrons. The van der Waals surface area contributed by atoms with Gasteiger partial charge in [-0.3, -0.25) is 9.69 Å². The fourth-order valence-electron chi connectivity index (χ4n) is 4.32. The predicted octanol–water partition coefficient (Wildman–Crippen LogP) is 2.84. The molecular formula is C19H32N4O. The van der Waals surface area contributed by atoms with E-state index in [2.05, 4.69) is 28.5 Å². The molecule has 3 rings (SSSR count). The minimum atomic E-state index is 0.318. The first kappa shape index (κ1) is 17.5. The average Bonchev–Trinajstić information content (AvgIpc) is 2.91. The van der Waals surface area contributed by atoms with Crippen LogP contribution >= 0.6 is 0 Å². The number of piperidine rings is 1. The topological polar surface area (TPSA) is 41.4 Å². The maximum atomic E-state index is 12.5. The van der Waals surface area contributed by atoms with Crippen molar-refractivity contribution in [1.29, 1.82) is 0 Å². The molecule has 1 aromatic rings. The Bertz CT molecular complexity index is 551. The van der Waals surface area contributed by atoms with Crippen molar-refractivity contribution in [3.05, 3.63) is 18.2 Å². The quantitative estimate of drug-likeness (QED) is 0.804. The number of nitrogens with zero attached hydrogens (tertiary/aromatic N) is 4. The summed E-state index contributed by atoms with van der Waals surface area (Å²) in [6, 6.07) is 0.355. The molecule has 0 spiro atoms. The second-order valence-corrected chi connectivity index (χ2v) is 7.87. The molecule has 5 nitrogen and oxygen atoms in total. The number of carbonyl (C=O) groups excluding carboxylic acids is 1. The summed E-state index contributed by atoms with van der Waals surface area (Å²) in [5.74, 6) is 1.61. The molecule has 2 atom stereocenters. The number of rotatable bonds is 6. The van der Waals surface area contributed by atoms with Crippen molar-refractivity contribution in [1.82, 2.24) is 19.4 Å². The lowest BCUT2D eigenvalue weighted by Crippen LogP contribution is -2.43. The van der Waals surface area contributed by atoms with Gasteiger partial charge in [-0.05, 0) is 44.7 Å². The minimum absolute atomic E-state index is 0.318. The van der Waals surface area contributed by atoms with Gasteiger partial charge in [-0.2, -0.15) is 0 Å². The number of likely N-dealkylation sites (tertiary alicyclic amines) is 1. The molecule has 5 heteroatoms. The van der Waals surface area contributed by atoms with Crippen LogP contribution in [0.2, 0.25) is 0 Å². The van der Waals surface area contributed by atoms with Crippen molar-refractivity contribution >= 4 is 5.91 Å². The Labute approximate surface area is 146 Å². The van der Waals surface area contributed by atoms with Crippen LogP contribution in [0.1, 0.15) is 56.7 Å². The number of aromatic nitrogens is 2. The Morgan fingerprint density at radius 3 is 2.71 bits per heavy atom. The Morgan fingerprint density at radius 1 is 1.29 bits per heavy atom. The highest BCUT2D eigenvalue weighted by molar-refractivity contribution is 5.75. The van der Waals surface area contributed by atoms with Crippen molar-refractivity contribution in [3.8, 4) is 0 Å². The molecule has 1 aliphatic heterocycles. The minimum Gasteiger partial charge on any atom is -0.345 e. The second-order valence-electron chi connectivity index (χ2n) is 7.87. The summed E-state index contributed by atoms with van der Waals surface area (Å²) in [5, 5.41) is 0. The number of imidazole rings is 1. The van der Waals surface area contributed by atoms with Crippen LogP contribution in [0, 0.1) is 11.8 Å². The molecule has 1 saturated heterocycles. The first-order chi connectivity index (χ1) is 11.6. The summed E-state index contributed by atoms with van der Waals surface area (Å²) in [6.07, 6.45) is 12.1. The van der Waals surface area contributed by atoms with Crippen molar-refractivity contribution in [2.24, 2.45) is 18.9 Å². The van der Waals surface area contributed by atoms with Crippen LogP contribution in [-0.2, 0) is 11.8 Å². The van der Waals surface area contributed by atoms with E-state index < -0.39 is 0 Å². The van der Waals surface area contributed by atoms with Gasteiger partial charge in [0.1, 0.15) is 0 Å². The average molecular weight is 332 g/mol. The van der Waals surface area contributed by atoms with Crippen molar-refractivity contribution in [2.45, 2.75) is 51.0 Å². The van der Waals surface area contributed by atoms with Crippen LogP contribution in [0.4, 0.5) is 0 Å². The molecular weight excluding hydrogens is 300 g/mol. The van der Waals surface area contributed by atoms with Gasteiger partial charge in [0, 0.05) is 33.3 Å². The van der Waals surface area contributed by atoms with Crippen LogP contribution in [0.25, 0.3) is 0 Å². The van der Waals surface area contributed by atoms with Gasteiger partial charge >= 0.3 is 0 Å². The number of hydrogen-bond donors (Lipinski definition) is 0. The first-order valence-corrected chi connectivity index (χ1v) is 9.46. The van der Waals surface area contributed by atoms with E-state index in [9.17, 15) is 4.79 Å². The molecule has 0 bridgehead atoms. The van der Waals surface area contributed by atoms with Crippen LogP contribution < -0.4 is 0 Å². The van der Waals surface area contributed by atoms with E-state index in [0.29, 0.717) is 17.9 Å². The summed E-state index contributed by atoms with van der Waals surface area (Å²) < 4.78 is 2.12. The van der Waals surface area contributed by atoms with E-state index in [1.807, 2.05) is 24.5 Å². The van der Waals surface area contributed by atoms with E-state index in [4.69, 9.17) is 0 Å². The van der Waals surface area contributed by atoms with Crippen molar-refractivity contribution < 1.29 is 4.79 Å². The third-order valence-corrected chi connectivity index (χ3v) is 6.09. The smallest absolute Gasteiger partial charge is 0.222 e. The Kier molecular flexibility index (Phi) is 5.59. The highest BCUT2D eigenvalue weighted by atomic mass is 16.2. The van der Waals surface area contributed by atoms with E-state index in [1.54, 1.807) is 0 Å². The van der Waals surface area contributed by atoms with E-state index in [0.717, 1.165) is 31.8 Å². The standard InChI is InChI=1S/C19H32N4O/c1-21-11-5-8-16(19(21)17-12-20-14-23(17)3)13-22(2)18(24)10-9-15-6-4-7-15/h12,14-16,19H,4-11,13H2,1-3H3/t16-,19+/m0/s1. The fourth-order valence-corrected chi connectivity index (χ4v) is 4.32. The summed E-state index contributed by atoms with van der Waals surface area (Å²) >= 11 is 0. The van der Waals surface area contributed by atoms with Gasteiger partial charge in [0.15, 0.2) is 0 Å². The van der Waals surface area contributed by atoms with E-state index in [-0.39, 0.29) is 0 Å². The predicted molar refractivity (Wildman–Crippen MR) is 95.5 cm³/mol. The monoisotopic (exact) mass is 332 g/mol. The second kappa shape index (κ2) is 7.68. The Hall–Kier alpha value is -1.36. The largest absolute Gasteiger partial charge is 0.345 e. The van der Waals surface area contributed by atoms with Crippen LogP contribution in [-0.4, -0.2) is 52.4 Å². The van der Waals surface area contributed by atoms with Gasteiger partial charge in [0.25, 0.3) is 0 Å². The number of aryl methyl sites for hydroxylation is 1. The molecule has 1 aliphatic carbocycles. The molecule has 1 amide bonds. The molecule has 0 aromatic carbocycles. The maximum Gasteiger partial charge on any atom is 0.222 e. The maximum absolute atomic E-state index is 12.5. The first-order valence-electron chi connectivity index (χ1n) is 9.46. The van der Waals surface area contributed by atoms with Crippen LogP contribution in [0.5, 0.6) is 0 Å². The molecule has 1 aromatic heterocycles. The summed E-state index contributed by atoms with van der Waals surface area (Å²) in [7, 11) is 6.25. The zero-order valence-electron chi connectivity index (χ0n) is 15.4. The number of carbonyl (C=O) groups is 1. The Morgan fingerprint density at radius 2 is 2.08 bits per heavy atom. The summed E-state index contributed by atoms with van der Waals surface area (Å²) in [5.41, 5.74) is 1.26. The van der Waals surface area contributed by atoms with Crippen molar-refractivity contribution in [3.63, 3.8) is 0 Å². The Balaban J connectivity index is 1.60. The SMILES string of the molecule is CN(C[C@@H]1CCCN(C)[C@H]1c1cncn1C)C(=O)CCC1CCC1. The van der Waals surface area contributed by atoms with Gasteiger partial charge in [-0.15, -0.1) is 0 Å². The molecule has 0 unspecified atom stereocenters.